The van der Waals surface area contributed by atoms with Crippen LogP contribution in [0.25, 0.3) is 0 Å². The zero-order valence-corrected chi connectivity index (χ0v) is 12.0. The molecule has 1 aliphatic heterocycles. The molecule has 1 aromatic rings. The van der Waals surface area contributed by atoms with Gasteiger partial charge in [-0.1, -0.05) is 6.07 Å². The first-order chi connectivity index (χ1) is 7.08. The smallest absolute Gasteiger partial charge is 0.768 e. The van der Waals surface area contributed by atoms with Gasteiger partial charge in [0.15, 0.2) is 0 Å². The Morgan fingerprint density at radius 1 is 1.38 bits per heavy atom. The molecule has 0 N–H and O–H groups in total. The van der Waals surface area contributed by atoms with Gasteiger partial charge in [-0.2, -0.15) is 0 Å². The summed E-state index contributed by atoms with van der Waals surface area (Å²) < 4.78 is 21.5. The van der Waals surface area contributed by atoms with Gasteiger partial charge < -0.3 is 9.45 Å². The number of carbonyl (C=O) groups is 1. The Morgan fingerprint density at radius 3 is 2.56 bits per heavy atom. The van der Waals surface area contributed by atoms with E-state index in [1.54, 1.807) is 23.1 Å². The zero-order chi connectivity index (χ0) is 11.0. The van der Waals surface area contributed by atoms with Crippen LogP contribution in [-0.4, -0.2) is 19.6 Å². The second-order valence-electron chi connectivity index (χ2n) is 3.54. The molecule has 1 aliphatic rings. The van der Waals surface area contributed by atoms with E-state index in [9.17, 15) is 13.6 Å². The van der Waals surface area contributed by atoms with Crippen LogP contribution in [-0.2, 0) is 29.0 Å². The first-order valence-electron chi connectivity index (χ1n) is 4.54. The van der Waals surface area contributed by atoms with Gasteiger partial charge in [0.1, 0.15) is 0 Å². The maximum atomic E-state index is 11.1. The fourth-order valence-corrected chi connectivity index (χ4v) is 2.11. The first-order valence-corrected chi connectivity index (χ1v) is 5.62. The van der Waals surface area contributed by atoms with Crippen LogP contribution < -0.4 is 29.6 Å². The van der Waals surface area contributed by atoms with Crippen LogP contribution in [0.1, 0.15) is 18.1 Å². The van der Waals surface area contributed by atoms with E-state index in [0.29, 0.717) is 13.1 Å². The van der Waals surface area contributed by atoms with Crippen molar-refractivity contribution in [1.82, 2.24) is 4.90 Å². The molecule has 0 bridgehead atoms. The molecule has 0 saturated carbocycles. The molecule has 0 saturated heterocycles. The molecule has 2 rings (SSSR count). The van der Waals surface area contributed by atoms with Crippen LogP contribution in [0.3, 0.4) is 0 Å². The molecule has 0 aromatic heterocycles. The van der Waals surface area contributed by atoms with Crippen molar-refractivity contribution in [3.05, 3.63) is 29.3 Å². The molecular weight excluding hydrogens is 237 g/mol. The van der Waals surface area contributed by atoms with Crippen molar-refractivity contribution < 1.29 is 43.1 Å². The third-order valence-corrected chi connectivity index (χ3v) is 3.18. The molecular formula is C10H10NNaO3S. The first kappa shape index (κ1) is 13.9. The van der Waals surface area contributed by atoms with Crippen molar-refractivity contribution in [3.63, 3.8) is 0 Å². The molecule has 80 valence electrons. The van der Waals surface area contributed by atoms with Crippen LogP contribution in [0.15, 0.2) is 23.1 Å². The maximum Gasteiger partial charge on any atom is 1.00 e. The summed E-state index contributed by atoms with van der Waals surface area (Å²) in [4.78, 5) is 13.1. The van der Waals surface area contributed by atoms with Crippen molar-refractivity contribution in [2.24, 2.45) is 0 Å². The summed E-state index contributed by atoms with van der Waals surface area (Å²) in [6, 6.07) is 4.95. The van der Waals surface area contributed by atoms with Gasteiger partial charge >= 0.3 is 29.6 Å². The maximum absolute atomic E-state index is 11.1. The molecule has 1 atom stereocenters. The van der Waals surface area contributed by atoms with Gasteiger partial charge in [-0.3, -0.25) is 9.00 Å². The van der Waals surface area contributed by atoms with E-state index in [1.165, 1.54) is 6.92 Å². The van der Waals surface area contributed by atoms with Crippen molar-refractivity contribution in [2.45, 2.75) is 24.9 Å². The Hall–Kier alpha value is -0.200. The standard InChI is InChI=1S/C10H11NO3S.Na/c1-7(12)11-5-8-2-3-10(15(13)14)4-9(8)6-11;/h2-4H,5-6H2,1H3,(H,13,14);/q;+1/p-1. The molecule has 0 radical (unpaired) electrons. The number of fused-ring (bicyclic) bond motifs is 1. The minimum atomic E-state index is -2.20. The van der Waals surface area contributed by atoms with Gasteiger partial charge in [0.2, 0.25) is 5.91 Å². The monoisotopic (exact) mass is 247 g/mol. The van der Waals surface area contributed by atoms with Crippen molar-refractivity contribution >= 4 is 17.0 Å². The SMILES string of the molecule is CC(=O)N1Cc2ccc(S(=O)[O-])cc2C1.[Na+]. The Morgan fingerprint density at radius 2 is 2.00 bits per heavy atom. The molecule has 0 fully saturated rings. The fourth-order valence-electron chi connectivity index (χ4n) is 1.70. The summed E-state index contributed by atoms with van der Waals surface area (Å²) in [5.74, 6) is 0.0102. The van der Waals surface area contributed by atoms with Crippen LogP contribution >= 0.6 is 0 Å². The van der Waals surface area contributed by atoms with Crippen molar-refractivity contribution in [1.29, 1.82) is 0 Å². The molecule has 1 heterocycles. The zero-order valence-electron chi connectivity index (χ0n) is 9.23. The van der Waals surface area contributed by atoms with Crippen molar-refractivity contribution in [3.8, 4) is 0 Å². The van der Waals surface area contributed by atoms with E-state index >= 15 is 0 Å². The Labute approximate surface area is 119 Å². The number of nitrogens with zero attached hydrogens (tertiary/aromatic N) is 1. The van der Waals surface area contributed by atoms with Gasteiger partial charge in [-0.15, -0.1) is 0 Å². The van der Waals surface area contributed by atoms with Gasteiger partial charge in [0.25, 0.3) is 0 Å². The van der Waals surface area contributed by atoms with Gasteiger partial charge in [-0.25, -0.2) is 0 Å². The van der Waals surface area contributed by atoms with E-state index in [0.717, 1.165) is 11.1 Å². The summed E-state index contributed by atoms with van der Waals surface area (Å²) in [6.07, 6.45) is 0. The average Bonchev–Trinajstić information content (AvgIpc) is 2.59. The second-order valence-corrected chi connectivity index (χ2v) is 4.48. The molecule has 1 aromatic carbocycles. The van der Waals surface area contributed by atoms with E-state index in [-0.39, 0.29) is 40.4 Å². The average molecular weight is 247 g/mol. The Kier molecular flexibility index (Phi) is 4.70. The Bertz CT molecular complexity index is 450. The molecule has 6 heteroatoms. The number of benzene rings is 1. The minimum absolute atomic E-state index is 0. The summed E-state index contributed by atoms with van der Waals surface area (Å²) in [6.45, 7) is 2.60. The molecule has 4 nitrogen and oxygen atoms in total. The number of hydrogen-bond acceptors (Lipinski definition) is 3. The predicted molar refractivity (Wildman–Crippen MR) is 53.6 cm³/mol. The third kappa shape index (κ3) is 2.73. The minimum Gasteiger partial charge on any atom is -0.768 e. The van der Waals surface area contributed by atoms with E-state index in [2.05, 4.69) is 0 Å². The van der Waals surface area contributed by atoms with Crippen LogP contribution in [0, 0.1) is 0 Å². The third-order valence-electron chi connectivity index (χ3n) is 2.54. The topological polar surface area (TPSA) is 60.4 Å². The molecule has 16 heavy (non-hydrogen) atoms. The number of hydrogen-bond donors (Lipinski definition) is 0. The normalized spacial score (nSPS) is 15.2. The second kappa shape index (κ2) is 5.42. The van der Waals surface area contributed by atoms with Crippen LogP contribution in [0.5, 0.6) is 0 Å². The van der Waals surface area contributed by atoms with Gasteiger partial charge in [-0.05, 0) is 34.3 Å². The largest absolute Gasteiger partial charge is 1.00 e. The summed E-state index contributed by atoms with van der Waals surface area (Å²) in [5.41, 5.74) is 1.95. The fraction of sp³-hybridized carbons (Fsp3) is 0.300. The number of carbonyl (C=O) groups excluding carboxylic acids is 1. The quantitative estimate of drug-likeness (QED) is 0.417. The summed E-state index contributed by atoms with van der Waals surface area (Å²) in [5, 5.41) is 0. The summed E-state index contributed by atoms with van der Waals surface area (Å²) in [7, 11) is 0. The molecule has 1 amide bonds. The van der Waals surface area contributed by atoms with Gasteiger partial charge in [0, 0.05) is 24.9 Å². The number of rotatable bonds is 1. The number of amides is 1. The van der Waals surface area contributed by atoms with E-state index < -0.39 is 11.1 Å². The molecule has 0 aliphatic carbocycles. The van der Waals surface area contributed by atoms with Gasteiger partial charge in [0.05, 0.1) is 0 Å². The van der Waals surface area contributed by atoms with E-state index in [4.69, 9.17) is 0 Å². The molecule has 0 spiro atoms. The predicted octanol–water partition coefficient (Wildman–Crippen LogP) is -2.21. The summed E-state index contributed by atoms with van der Waals surface area (Å²) >= 11 is -2.20. The van der Waals surface area contributed by atoms with Crippen LogP contribution in [0.2, 0.25) is 0 Å². The Balaban J connectivity index is 0.00000128. The van der Waals surface area contributed by atoms with E-state index in [1.807, 2.05) is 0 Å². The van der Waals surface area contributed by atoms with Crippen molar-refractivity contribution in [2.75, 3.05) is 0 Å². The molecule has 1 unspecified atom stereocenters. The van der Waals surface area contributed by atoms with Crippen LogP contribution in [0.4, 0.5) is 0 Å².